The first kappa shape index (κ1) is 10.8. The van der Waals surface area contributed by atoms with Crippen LogP contribution < -0.4 is 11.1 Å². The molecule has 0 heterocycles. The lowest BCUT2D eigenvalue weighted by Gasteiger charge is -2.47. The van der Waals surface area contributed by atoms with E-state index in [9.17, 15) is 0 Å². The smallest absolute Gasteiger partial charge is 0.0500 e. The van der Waals surface area contributed by atoms with Gasteiger partial charge in [0.05, 0.1) is 5.54 Å². The Bertz CT molecular complexity index is 328. The average molecular weight is 225 g/mol. The lowest BCUT2D eigenvalue weighted by atomic mass is 9.69. The number of hydrogen-bond donors (Lipinski definition) is 2. The monoisotopic (exact) mass is 224 g/mol. The van der Waals surface area contributed by atoms with E-state index in [1.165, 1.54) is 0 Å². The van der Waals surface area contributed by atoms with Gasteiger partial charge in [0.1, 0.15) is 0 Å². The first-order chi connectivity index (χ1) is 7.13. The predicted octanol–water partition coefficient (Wildman–Crippen LogP) is 2.88. The minimum atomic E-state index is 0.118. The van der Waals surface area contributed by atoms with E-state index in [-0.39, 0.29) is 5.54 Å². The molecule has 1 aromatic carbocycles. The Kier molecular flexibility index (Phi) is 2.89. The van der Waals surface area contributed by atoms with E-state index in [0.717, 1.165) is 29.5 Å². The molecule has 82 valence electrons. The summed E-state index contributed by atoms with van der Waals surface area (Å²) in [6.45, 7) is 2.96. The van der Waals surface area contributed by atoms with Crippen molar-refractivity contribution in [3.8, 4) is 0 Å². The van der Waals surface area contributed by atoms with Crippen LogP contribution in [0.5, 0.6) is 0 Å². The fourth-order valence-electron chi connectivity index (χ4n) is 2.43. The van der Waals surface area contributed by atoms with Crippen molar-refractivity contribution < 1.29 is 0 Å². The van der Waals surface area contributed by atoms with Crippen molar-refractivity contribution in [2.45, 2.75) is 25.3 Å². The zero-order chi connectivity index (χ0) is 10.9. The van der Waals surface area contributed by atoms with E-state index < -0.39 is 0 Å². The molecule has 1 aliphatic carbocycles. The van der Waals surface area contributed by atoms with Crippen LogP contribution in [-0.4, -0.2) is 12.1 Å². The second kappa shape index (κ2) is 4.03. The molecule has 0 radical (unpaired) electrons. The van der Waals surface area contributed by atoms with Gasteiger partial charge in [0.15, 0.2) is 0 Å². The van der Waals surface area contributed by atoms with Crippen molar-refractivity contribution in [3.05, 3.63) is 29.3 Å². The van der Waals surface area contributed by atoms with Gasteiger partial charge in [0, 0.05) is 17.3 Å². The maximum atomic E-state index is 5.84. The lowest BCUT2D eigenvalue weighted by Crippen LogP contribution is -2.54. The zero-order valence-electron chi connectivity index (χ0n) is 8.96. The maximum absolute atomic E-state index is 5.84. The van der Waals surface area contributed by atoms with Crippen LogP contribution >= 0.6 is 11.6 Å². The van der Waals surface area contributed by atoms with Gasteiger partial charge in [0.2, 0.25) is 0 Å². The Hall–Kier alpha value is -0.730. The molecule has 2 nitrogen and oxygen atoms in total. The van der Waals surface area contributed by atoms with Crippen molar-refractivity contribution in [3.63, 3.8) is 0 Å². The summed E-state index contributed by atoms with van der Waals surface area (Å²) in [5, 5.41) is 4.28. The van der Waals surface area contributed by atoms with Crippen LogP contribution in [0, 0.1) is 5.92 Å². The van der Waals surface area contributed by atoms with Gasteiger partial charge in [-0.1, -0.05) is 18.5 Å². The van der Waals surface area contributed by atoms with E-state index in [1.54, 1.807) is 0 Å². The molecule has 3 heteroatoms. The molecule has 1 aliphatic rings. The third-order valence-electron chi connectivity index (χ3n) is 3.12. The van der Waals surface area contributed by atoms with Crippen LogP contribution in [0.1, 0.15) is 19.8 Å². The standard InChI is InChI=1S/C12H17ClN2/c1-9-6-12(7-9,8-14)15-11-4-2-10(13)3-5-11/h2-5,9,15H,6-8,14H2,1H3. The molecule has 1 saturated carbocycles. The topological polar surface area (TPSA) is 38.0 Å². The van der Waals surface area contributed by atoms with Crippen LogP contribution in [0.4, 0.5) is 5.69 Å². The van der Waals surface area contributed by atoms with E-state index in [0.29, 0.717) is 6.54 Å². The molecule has 0 aliphatic heterocycles. The van der Waals surface area contributed by atoms with Crippen LogP contribution in [0.15, 0.2) is 24.3 Å². The Labute approximate surface area is 95.8 Å². The molecule has 0 atom stereocenters. The van der Waals surface area contributed by atoms with Crippen molar-refractivity contribution in [2.24, 2.45) is 11.7 Å². The van der Waals surface area contributed by atoms with E-state index in [2.05, 4.69) is 12.2 Å². The molecule has 15 heavy (non-hydrogen) atoms. The van der Waals surface area contributed by atoms with Gasteiger partial charge in [0.25, 0.3) is 0 Å². The summed E-state index contributed by atoms with van der Waals surface area (Å²) in [6.07, 6.45) is 2.32. The number of benzene rings is 1. The molecule has 0 saturated heterocycles. The van der Waals surface area contributed by atoms with E-state index >= 15 is 0 Å². The summed E-state index contributed by atoms with van der Waals surface area (Å²) in [6, 6.07) is 7.80. The fraction of sp³-hybridized carbons (Fsp3) is 0.500. The quantitative estimate of drug-likeness (QED) is 0.829. The Morgan fingerprint density at radius 1 is 1.40 bits per heavy atom. The molecule has 0 unspecified atom stereocenters. The van der Waals surface area contributed by atoms with Crippen LogP contribution in [0.2, 0.25) is 5.02 Å². The average Bonchev–Trinajstić information content (AvgIpc) is 2.18. The normalized spacial score (nSPS) is 29.7. The highest BCUT2D eigenvalue weighted by Gasteiger charge is 2.40. The number of anilines is 1. The van der Waals surface area contributed by atoms with Gasteiger partial charge in [-0.3, -0.25) is 0 Å². The predicted molar refractivity (Wildman–Crippen MR) is 65.3 cm³/mol. The summed E-state index contributed by atoms with van der Waals surface area (Å²) in [7, 11) is 0. The maximum Gasteiger partial charge on any atom is 0.0500 e. The molecular weight excluding hydrogens is 208 g/mol. The number of halogens is 1. The summed E-state index contributed by atoms with van der Waals surface area (Å²) in [5.74, 6) is 0.786. The highest BCUT2D eigenvalue weighted by atomic mass is 35.5. The second-order valence-electron chi connectivity index (χ2n) is 4.63. The van der Waals surface area contributed by atoms with Crippen molar-refractivity contribution in [2.75, 3.05) is 11.9 Å². The zero-order valence-corrected chi connectivity index (χ0v) is 9.72. The van der Waals surface area contributed by atoms with Gasteiger partial charge < -0.3 is 11.1 Å². The highest BCUT2D eigenvalue weighted by molar-refractivity contribution is 6.30. The fourth-order valence-corrected chi connectivity index (χ4v) is 2.56. The van der Waals surface area contributed by atoms with Gasteiger partial charge in [-0.05, 0) is 43.0 Å². The van der Waals surface area contributed by atoms with E-state index in [4.69, 9.17) is 17.3 Å². The number of rotatable bonds is 3. The summed E-state index contributed by atoms with van der Waals surface area (Å²) in [4.78, 5) is 0. The van der Waals surface area contributed by atoms with Crippen molar-refractivity contribution in [1.29, 1.82) is 0 Å². The van der Waals surface area contributed by atoms with Gasteiger partial charge in [-0.25, -0.2) is 0 Å². The largest absolute Gasteiger partial charge is 0.378 e. The first-order valence-electron chi connectivity index (χ1n) is 5.37. The number of nitrogens with one attached hydrogen (secondary N) is 1. The molecule has 0 bridgehead atoms. The van der Waals surface area contributed by atoms with Crippen LogP contribution in [0.25, 0.3) is 0 Å². The number of hydrogen-bond acceptors (Lipinski definition) is 2. The van der Waals surface area contributed by atoms with E-state index in [1.807, 2.05) is 24.3 Å². The van der Waals surface area contributed by atoms with Crippen LogP contribution in [0.3, 0.4) is 0 Å². The molecule has 0 amide bonds. The molecular formula is C12H17ClN2. The Morgan fingerprint density at radius 2 is 2.00 bits per heavy atom. The summed E-state index contributed by atoms with van der Waals surface area (Å²) >= 11 is 5.84. The minimum absolute atomic E-state index is 0.118. The third-order valence-corrected chi connectivity index (χ3v) is 3.37. The molecule has 0 aromatic heterocycles. The van der Waals surface area contributed by atoms with Gasteiger partial charge >= 0.3 is 0 Å². The SMILES string of the molecule is CC1CC(CN)(Nc2ccc(Cl)cc2)C1. The first-order valence-corrected chi connectivity index (χ1v) is 5.75. The molecule has 3 N–H and O–H groups in total. The number of nitrogens with two attached hydrogens (primary N) is 1. The second-order valence-corrected chi connectivity index (χ2v) is 5.07. The van der Waals surface area contributed by atoms with Gasteiger partial charge in [-0.15, -0.1) is 0 Å². The molecule has 0 spiro atoms. The third kappa shape index (κ3) is 2.27. The molecule has 1 fully saturated rings. The van der Waals surface area contributed by atoms with Crippen molar-refractivity contribution >= 4 is 17.3 Å². The van der Waals surface area contributed by atoms with Crippen molar-refractivity contribution in [1.82, 2.24) is 0 Å². The van der Waals surface area contributed by atoms with Gasteiger partial charge in [-0.2, -0.15) is 0 Å². The molecule has 1 aromatic rings. The molecule has 2 rings (SSSR count). The Balaban J connectivity index is 2.04. The van der Waals surface area contributed by atoms with Crippen LogP contribution in [-0.2, 0) is 0 Å². The summed E-state index contributed by atoms with van der Waals surface area (Å²) < 4.78 is 0. The lowest BCUT2D eigenvalue weighted by molar-refractivity contribution is 0.194. The minimum Gasteiger partial charge on any atom is -0.378 e. The highest BCUT2D eigenvalue weighted by Crippen LogP contribution is 2.39. The Morgan fingerprint density at radius 3 is 2.47 bits per heavy atom. The summed E-state index contributed by atoms with van der Waals surface area (Å²) in [5.41, 5.74) is 7.05.